The van der Waals surface area contributed by atoms with Crippen molar-refractivity contribution in [2.24, 2.45) is 5.92 Å². The molecule has 0 spiro atoms. The zero-order valence-corrected chi connectivity index (χ0v) is 29.6. The number of nitrogens with one attached hydrogen (secondary N) is 1. The van der Waals surface area contributed by atoms with Gasteiger partial charge in [0.05, 0.1) is 24.6 Å². The van der Waals surface area contributed by atoms with Crippen LogP contribution in [0, 0.1) is 38.3 Å². The summed E-state index contributed by atoms with van der Waals surface area (Å²) in [5.74, 6) is -3.25. The maximum Gasteiger partial charge on any atom is 0.416 e. The summed E-state index contributed by atoms with van der Waals surface area (Å²) in [5.41, 5.74) is 0.526. The molecular formula is C38H46F5N3O4. The number of hydrogen-bond acceptors (Lipinski definition) is 5. The number of hydrogen-bond donors (Lipinski definition) is 1. The van der Waals surface area contributed by atoms with Crippen LogP contribution in [0.3, 0.4) is 0 Å². The molecule has 1 saturated heterocycles. The molecule has 0 saturated carbocycles. The number of pyridine rings is 1. The maximum absolute atomic E-state index is 16.0. The largest absolute Gasteiger partial charge is 0.466 e. The second-order valence-electron chi connectivity index (χ2n) is 13.8. The van der Waals surface area contributed by atoms with E-state index in [0.29, 0.717) is 54.3 Å². The van der Waals surface area contributed by atoms with E-state index >= 15 is 4.39 Å². The molecule has 0 aliphatic carbocycles. The van der Waals surface area contributed by atoms with Crippen LogP contribution in [0.1, 0.15) is 97.8 Å². The highest BCUT2D eigenvalue weighted by Gasteiger charge is 2.38. The summed E-state index contributed by atoms with van der Waals surface area (Å²) in [4.78, 5) is 42.5. The Morgan fingerprint density at radius 3 is 2.16 bits per heavy atom. The van der Waals surface area contributed by atoms with Crippen molar-refractivity contribution in [3.05, 3.63) is 91.9 Å². The van der Waals surface area contributed by atoms with Gasteiger partial charge < -0.3 is 19.5 Å². The number of ether oxygens (including phenoxy) is 1. The van der Waals surface area contributed by atoms with E-state index in [1.165, 1.54) is 31.3 Å². The number of nitrogens with zero attached hydrogens (tertiary/aromatic N) is 2. The van der Waals surface area contributed by atoms with Crippen LogP contribution in [0.25, 0.3) is 11.1 Å². The van der Waals surface area contributed by atoms with Gasteiger partial charge in [-0.2, -0.15) is 13.2 Å². The Labute approximate surface area is 289 Å². The molecule has 12 heteroatoms. The van der Waals surface area contributed by atoms with Crippen LogP contribution in [-0.2, 0) is 20.5 Å². The lowest BCUT2D eigenvalue weighted by atomic mass is 9.87. The Morgan fingerprint density at radius 1 is 0.980 bits per heavy atom. The first kappa shape index (κ1) is 38.7. The lowest BCUT2D eigenvalue weighted by Crippen LogP contribution is -2.41. The van der Waals surface area contributed by atoms with Crippen molar-refractivity contribution in [2.75, 3.05) is 26.7 Å². The first-order chi connectivity index (χ1) is 23.4. The third-order valence-electron chi connectivity index (χ3n) is 9.35. The predicted octanol–water partition coefficient (Wildman–Crippen LogP) is 7.94. The van der Waals surface area contributed by atoms with Gasteiger partial charge in [0, 0.05) is 17.8 Å². The van der Waals surface area contributed by atoms with E-state index in [0.717, 1.165) is 4.57 Å². The Morgan fingerprint density at radius 2 is 1.60 bits per heavy atom. The third kappa shape index (κ3) is 8.99. The first-order valence-electron chi connectivity index (χ1n) is 17.0. The normalized spacial score (nSPS) is 15.6. The molecule has 0 bridgehead atoms. The van der Waals surface area contributed by atoms with Crippen LogP contribution >= 0.6 is 0 Å². The van der Waals surface area contributed by atoms with Gasteiger partial charge in [-0.25, -0.2) is 8.78 Å². The zero-order valence-electron chi connectivity index (χ0n) is 29.6. The molecule has 2 aromatic carbocycles. The molecule has 2 unspecified atom stereocenters. The highest BCUT2D eigenvalue weighted by molar-refractivity contribution is 5.82. The number of alkyl halides is 3. The number of aryl methyl sites for hydroxylation is 3. The lowest BCUT2D eigenvalue weighted by molar-refractivity contribution is -0.144. The standard InChI is InChI=1S/C38H46F5N3O4/c1-8-50-34(48)19-31(28-17-26(14-24(6)36(28)40)35-22(4)15-27(39)16-23(35)5)44-37(49)32(13-21(2)3)46-20-29(25-9-11-45(7)12-10-25)30(18-33(46)47)38(41,42)43/h14-18,20-21,25,31-32H,8-13,19H2,1-7H3,(H,44,49). The van der Waals surface area contributed by atoms with E-state index in [2.05, 4.69) is 5.32 Å². The first-order valence-corrected chi connectivity index (χ1v) is 17.0. The average molecular weight is 704 g/mol. The number of aromatic nitrogens is 1. The molecule has 7 nitrogen and oxygen atoms in total. The molecule has 272 valence electrons. The smallest absolute Gasteiger partial charge is 0.416 e. The van der Waals surface area contributed by atoms with Gasteiger partial charge in [0.2, 0.25) is 5.91 Å². The summed E-state index contributed by atoms with van der Waals surface area (Å²) < 4.78 is 79.2. The van der Waals surface area contributed by atoms with E-state index in [-0.39, 0.29) is 35.6 Å². The SMILES string of the molecule is CCOC(=O)CC(NC(=O)C(CC(C)C)n1cc(C2CCN(C)CC2)c(C(F)(F)F)cc1=O)c1cc(-c2c(C)cc(F)cc2C)cc(C)c1F. The van der Waals surface area contributed by atoms with Crippen molar-refractivity contribution < 1.29 is 36.3 Å². The fraction of sp³-hybridized carbons (Fsp3) is 0.500. The van der Waals surface area contributed by atoms with Crippen LogP contribution in [0.5, 0.6) is 0 Å². The molecule has 1 N–H and O–H groups in total. The number of benzene rings is 2. The summed E-state index contributed by atoms with van der Waals surface area (Å²) in [6.45, 7) is 11.4. The number of esters is 1. The predicted molar refractivity (Wildman–Crippen MR) is 182 cm³/mol. The Hall–Kier alpha value is -4.06. The maximum atomic E-state index is 16.0. The van der Waals surface area contributed by atoms with E-state index in [4.69, 9.17) is 4.74 Å². The van der Waals surface area contributed by atoms with Gasteiger partial charge in [0.1, 0.15) is 17.7 Å². The van der Waals surface area contributed by atoms with Gasteiger partial charge in [-0.1, -0.05) is 13.8 Å². The highest BCUT2D eigenvalue weighted by atomic mass is 19.4. The molecule has 3 aromatic rings. The number of piperidine rings is 1. The lowest BCUT2D eigenvalue weighted by Gasteiger charge is -2.32. The van der Waals surface area contributed by atoms with Gasteiger partial charge in [0.15, 0.2) is 0 Å². The average Bonchev–Trinajstić information content (AvgIpc) is 3.00. The van der Waals surface area contributed by atoms with Crippen molar-refractivity contribution in [1.29, 1.82) is 0 Å². The molecule has 1 aliphatic heterocycles. The molecule has 2 atom stereocenters. The van der Waals surface area contributed by atoms with Crippen molar-refractivity contribution in [3.63, 3.8) is 0 Å². The molecule has 0 radical (unpaired) electrons. The van der Waals surface area contributed by atoms with Crippen molar-refractivity contribution in [3.8, 4) is 11.1 Å². The second-order valence-corrected chi connectivity index (χ2v) is 13.8. The van der Waals surface area contributed by atoms with Gasteiger partial charge in [-0.3, -0.25) is 14.4 Å². The molecule has 1 aliphatic rings. The quantitative estimate of drug-likeness (QED) is 0.162. The van der Waals surface area contributed by atoms with Gasteiger partial charge in [-0.05, 0) is 137 Å². The number of halogens is 5. The topological polar surface area (TPSA) is 80.6 Å². The van der Waals surface area contributed by atoms with Crippen LogP contribution in [0.4, 0.5) is 22.0 Å². The number of rotatable bonds is 11. The van der Waals surface area contributed by atoms with Gasteiger partial charge in [-0.15, -0.1) is 0 Å². The molecule has 4 rings (SSSR count). The van der Waals surface area contributed by atoms with Gasteiger partial charge in [0.25, 0.3) is 5.56 Å². The fourth-order valence-electron chi connectivity index (χ4n) is 6.95. The Balaban J connectivity index is 1.83. The minimum atomic E-state index is -4.78. The molecule has 1 aromatic heterocycles. The Bertz CT molecular complexity index is 1750. The van der Waals surface area contributed by atoms with Crippen LogP contribution < -0.4 is 10.9 Å². The molecule has 2 heterocycles. The Kier molecular flexibility index (Phi) is 12.3. The summed E-state index contributed by atoms with van der Waals surface area (Å²) in [5, 5.41) is 2.76. The molecule has 50 heavy (non-hydrogen) atoms. The van der Waals surface area contributed by atoms with E-state index < -0.39 is 65.2 Å². The third-order valence-corrected chi connectivity index (χ3v) is 9.35. The van der Waals surface area contributed by atoms with Crippen LogP contribution in [0.15, 0.2) is 41.3 Å². The van der Waals surface area contributed by atoms with Crippen LogP contribution in [-0.4, -0.2) is 48.1 Å². The fourth-order valence-corrected chi connectivity index (χ4v) is 6.95. The number of likely N-dealkylation sites (tertiary alicyclic amines) is 1. The minimum Gasteiger partial charge on any atom is -0.466 e. The van der Waals surface area contributed by atoms with Crippen molar-refractivity contribution in [1.82, 2.24) is 14.8 Å². The number of amides is 1. The van der Waals surface area contributed by atoms with Crippen molar-refractivity contribution >= 4 is 11.9 Å². The minimum absolute atomic E-state index is 0.0281. The van der Waals surface area contributed by atoms with E-state index in [1.807, 2.05) is 25.8 Å². The number of carbonyl (C=O) groups excluding carboxylic acids is 2. The monoisotopic (exact) mass is 703 g/mol. The molecule has 1 amide bonds. The van der Waals surface area contributed by atoms with E-state index in [9.17, 15) is 31.9 Å². The summed E-state index contributed by atoms with van der Waals surface area (Å²) in [7, 11) is 1.89. The molecule has 1 fully saturated rings. The summed E-state index contributed by atoms with van der Waals surface area (Å²) in [6.07, 6.45) is -3.10. The van der Waals surface area contributed by atoms with Gasteiger partial charge >= 0.3 is 12.1 Å². The summed E-state index contributed by atoms with van der Waals surface area (Å²) >= 11 is 0. The molecular weight excluding hydrogens is 657 g/mol. The van der Waals surface area contributed by atoms with Crippen LogP contribution in [0.2, 0.25) is 0 Å². The second kappa shape index (κ2) is 15.9. The van der Waals surface area contributed by atoms with Crippen molar-refractivity contribution in [2.45, 2.75) is 91.4 Å². The highest BCUT2D eigenvalue weighted by Crippen LogP contribution is 2.39. The zero-order chi connectivity index (χ0) is 37.1. The summed E-state index contributed by atoms with van der Waals surface area (Å²) in [6, 6.07) is 3.84. The van der Waals surface area contributed by atoms with E-state index in [1.54, 1.807) is 26.8 Å². The number of carbonyl (C=O) groups is 2.